The van der Waals surface area contributed by atoms with Gasteiger partial charge >= 0.3 is 5.97 Å². The molecule has 2 aromatic rings. The fraction of sp³-hybridized carbons (Fsp3) is 0.350. The zero-order valence-corrected chi connectivity index (χ0v) is 16.4. The van der Waals surface area contributed by atoms with Crippen molar-refractivity contribution in [1.29, 1.82) is 0 Å². The molecule has 6 heteroatoms. The standard InChI is InChI=1S/C20H24Cl2N2O2/c1-13(2)24-20(23,15-6-8-16(21)9-7-15)18(10-11-19(25)26)14-4-3-5-17(22)12-14/h3-9,12-13,18,24H,10-11,23H2,1-2H3,(H,25,26)/t18-,20?/m1/s1. The molecule has 2 rings (SSSR count). The first kappa shape index (κ1) is 20.7. The number of carboxylic acids is 1. The molecule has 0 spiro atoms. The largest absolute Gasteiger partial charge is 0.481 e. The molecule has 4 nitrogen and oxygen atoms in total. The minimum absolute atomic E-state index is 0.00347. The SMILES string of the molecule is CC(C)NC(N)(c1ccc(Cl)cc1)[C@H](CCC(=O)O)c1cccc(Cl)c1. The molecule has 0 aliphatic carbocycles. The first-order valence-corrected chi connectivity index (χ1v) is 9.28. The molecule has 140 valence electrons. The van der Waals surface area contributed by atoms with Gasteiger partial charge in [-0.1, -0.05) is 47.5 Å². The molecule has 0 aliphatic rings. The molecule has 0 amide bonds. The summed E-state index contributed by atoms with van der Waals surface area (Å²) in [5.41, 5.74) is 7.65. The van der Waals surface area contributed by atoms with Gasteiger partial charge in [0.15, 0.2) is 0 Å². The van der Waals surface area contributed by atoms with Crippen LogP contribution < -0.4 is 11.1 Å². The van der Waals surface area contributed by atoms with Crippen molar-refractivity contribution < 1.29 is 9.90 Å². The third kappa shape index (κ3) is 5.21. The van der Waals surface area contributed by atoms with E-state index in [0.29, 0.717) is 16.5 Å². The average molecular weight is 395 g/mol. The van der Waals surface area contributed by atoms with E-state index in [1.165, 1.54) is 0 Å². The highest BCUT2D eigenvalue weighted by Crippen LogP contribution is 2.38. The van der Waals surface area contributed by atoms with Crippen molar-refractivity contribution in [2.24, 2.45) is 5.73 Å². The van der Waals surface area contributed by atoms with Crippen LogP contribution >= 0.6 is 23.2 Å². The summed E-state index contributed by atoms with van der Waals surface area (Å²) >= 11 is 12.2. The quantitative estimate of drug-likeness (QED) is 0.564. The third-order valence-electron chi connectivity index (χ3n) is 4.30. The lowest BCUT2D eigenvalue weighted by molar-refractivity contribution is -0.137. The van der Waals surface area contributed by atoms with E-state index < -0.39 is 11.6 Å². The Labute approximate surface area is 164 Å². The van der Waals surface area contributed by atoms with E-state index in [0.717, 1.165) is 11.1 Å². The number of hydrogen-bond donors (Lipinski definition) is 3. The number of carbonyl (C=O) groups is 1. The van der Waals surface area contributed by atoms with Gasteiger partial charge in [0.2, 0.25) is 0 Å². The van der Waals surface area contributed by atoms with Crippen LogP contribution in [0.2, 0.25) is 10.0 Å². The molecule has 0 radical (unpaired) electrons. The molecule has 0 aromatic heterocycles. The number of rotatable bonds is 8. The average Bonchev–Trinajstić information content (AvgIpc) is 2.54. The molecule has 0 saturated heterocycles. The number of hydrogen-bond acceptors (Lipinski definition) is 3. The van der Waals surface area contributed by atoms with Crippen molar-refractivity contribution in [3.63, 3.8) is 0 Å². The van der Waals surface area contributed by atoms with E-state index in [9.17, 15) is 9.90 Å². The molecular formula is C20H24Cl2N2O2. The van der Waals surface area contributed by atoms with Crippen LogP contribution in [0.1, 0.15) is 43.7 Å². The van der Waals surface area contributed by atoms with Crippen molar-refractivity contribution in [2.45, 2.75) is 44.3 Å². The van der Waals surface area contributed by atoms with Gasteiger partial charge in [-0.2, -0.15) is 0 Å². The summed E-state index contributed by atoms with van der Waals surface area (Å²) in [5, 5.41) is 13.9. The first-order valence-electron chi connectivity index (χ1n) is 8.52. The van der Waals surface area contributed by atoms with Crippen molar-refractivity contribution in [1.82, 2.24) is 5.32 Å². The lowest BCUT2D eigenvalue weighted by Gasteiger charge is -2.41. The second-order valence-corrected chi connectivity index (χ2v) is 7.59. The van der Waals surface area contributed by atoms with Gasteiger partial charge in [0.1, 0.15) is 0 Å². The fourth-order valence-corrected chi connectivity index (χ4v) is 3.56. The number of benzene rings is 2. The highest BCUT2D eigenvalue weighted by atomic mass is 35.5. The number of nitrogens with two attached hydrogens (primary N) is 1. The second kappa shape index (κ2) is 8.87. The summed E-state index contributed by atoms with van der Waals surface area (Å²) in [5.74, 6) is -1.15. The highest BCUT2D eigenvalue weighted by Gasteiger charge is 2.38. The summed E-state index contributed by atoms with van der Waals surface area (Å²) in [7, 11) is 0. The molecule has 0 saturated carbocycles. The molecule has 0 bridgehead atoms. The topological polar surface area (TPSA) is 75.3 Å². The normalized spacial score (nSPS) is 14.8. The maximum Gasteiger partial charge on any atom is 0.303 e. The van der Waals surface area contributed by atoms with E-state index in [2.05, 4.69) is 5.32 Å². The molecule has 0 aliphatic heterocycles. The van der Waals surface area contributed by atoms with Crippen LogP contribution in [-0.2, 0) is 10.5 Å². The monoisotopic (exact) mass is 394 g/mol. The Bertz CT molecular complexity index is 750. The fourth-order valence-electron chi connectivity index (χ4n) is 3.24. The summed E-state index contributed by atoms with van der Waals surface area (Å²) in [6, 6.07) is 14.8. The minimum atomic E-state index is -0.973. The summed E-state index contributed by atoms with van der Waals surface area (Å²) < 4.78 is 0. The van der Waals surface area contributed by atoms with Crippen molar-refractivity contribution >= 4 is 29.2 Å². The van der Waals surface area contributed by atoms with Crippen LogP contribution in [0.4, 0.5) is 0 Å². The lowest BCUT2D eigenvalue weighted by Crippen LogP contribution is -2.57. The molecule has 1 unspecified atom stereocenters. The van der Waals surface area contributed by atoms with Gasteiger partial charge < -0.3 is 10.8 Å². The Morgan fingerprint density at radius 1 is 1.15 bits per heavy atom. The molecule has 4 N–H and O–H groups in total. The zero-order chi connectivity index (χ0) is 19.3. The molecule has 2 aromatic carbocycles. The van der Waals surface area contributed by atoms with Crippen LogP contribution in [0.3, 0.4) is 0 Å². The van der Waals surface area contributed by atoms with Gasteiger partial charge in [-0.25, -0.2) is 0 Å². The van der Waals surface area contributed by atoms with E-state index in [4.69, 9.17) is 28.9 Å². The molecular weight excluding hydrogens is 371 g/mol. The predicted molar refractivity (Wildman–Crippen MR) is 107 cm³/mol. The van der Waals surface area contributed by atoms with Crippen LogP contribution in [0.25, 0.3) is 0 Å². The molecule has 0 heterocycles. The minimum Gasteiger partial charge on any atom is -0.481 e. The summed E-state index contributed by atoms with van der Waals surface area (Å²) in [4.78, 5) is 11.2. The van der Waals surface area contributed by atoms with Crippen LogP contribution in [0.15, 0.2) is 48.5 Å². The van der Waals surface area contributed by atoms with E-state index in [1.54, 1.807) is 18.2 Å². The smallest absolute Gasteiger partial charge is 0.303 e. The highest BCUT2D eigenvalue weighted by molar-refractivity contribution is 6.30. The van der Waals surface area contributed by atoms with Crippen LogP contribution in [0.5, 0.6) is 0 Å². The number of carboxylic acid groups (broad SMARTS) is 1. The van der Waals surface area contributed by atoms with Crippen molar-refractivity contribution in [3.05, 3.63) is 69.7 Å². The number of halogens is 2. The van der Waals surface area contributed by atoms with Crippen LogP contribution in [0, 0.1) is 0 Å². The Morgan fingerprint density at radius 3 is 2.35 bits per heavy atom. The Hall–Kier alpha value is -1.59. The van der Waals surface area contributed by atoms with Gasteiger partial charge in [0.05, 0.1) is 5.66 Å². The third-order valence-corrected chi connectivity index (χ3v) is 4.78. The Balaban J connectivity index is 2.56. The maximum atomic E-state index is 11.2. The second-order valence-electron chi connectivity index (χ2n) is 6.71. The molecule has 0 fully saturated rings. The van der Waals surface area contributed by atoms with Gasteiger partial charge in [-0.3, -0.25) is 10.1 Å². The zero-order valence-electron chi connectivity index (χ0n) is 14.9. The number of aliphatic carboxylic acids is 1. The first-order chi connectivity index (χ1) is 12.2. The lowest BCUT2D eigenvalue weighted by atomic mass is 9.78. The van der Waals surface area contributed by atoms with Gasteiger partial charge in [-0.15, -0.1) is 0 Å². The van der Waals surface area contributed by atoms with E-state index >= 15 is 0 Å². The van der Waals surface area contributed by atoms with Gasteiger partial charge in [0.25, 0.3) is 0 Å². The van der Waals surface area contributed by atoms with Crippen molar-refractivity contribution in [2.75, 3.05) is 0 Å². The van der Waals surface area contributed by atoms with Gasteiger partial charge in [0, 0.05) is 28.4 Å². The van der Waals surface area contributed by atoms with Crippen LogP contribution in [-0.4, -0.2) is 17.1 Å². The summed E-state index contributed by atoms with van der Waals surface area (Å²) in [6.07, 6.45) is 0.373. The summed E-state index contributed by atoms with van der Waals surface area (Å²) in [6.45, 7) is 4.01. The van der Waals surface area contributed by atoms with Gasteiger partial charge in [-0.05, 0) is 55.7 Å². The Morgan fingerprint density at radius 2 is 1.81 bits per heavy atom. The number of nitrogens with one attached hydrogen (secondary N) is 1. The van der Waals surface area contributed by atoms with E-state index in [-0.39, 0.29) is 18.4 Å². The predicted octanol–water partition coefficient (Wildman–Crippen LogP) is 4.75. The maximum absolute atomic E-state index is 11.2. The molecule has 26 heavy (non-hydrogen) atoms. The Kier molecular flexibility index (Phi) is 7.07. The van der Waals surface area contributed by atoms with Crippen molar-refractivity contribution in [3.8, 4) is 0 Å². The van der Waals surface area contributed by atoms with E-state index in [1.807, 2.05) is 44.2 Å². The molecule has 2 atom stereocenters.